The van der Waals surface area contributed by atoms with Gasteiger partial charge in [-0.25, -0.2) is 0 Å². The summed E-state index contributed by atoms with van der Waals surface area (Å²) in [6, 6.07) is 8.21. The van der Waals surface area contributed by atoms with Crippen molar-refractivity contribution in [3.05, 3.63) is 30.3 Å². The molecule has 0 spiro atoms. The summed E-state index contributed by atoms with van der Waals surface area (Å²) in [4.78, 5) is 11.5. The summed E-state index contributed by atoms with van der Waals surface area (Å²) in [7, 11) is 0. The van der Waals surface area contributed by atoms with E-state index in [1.165, 1.54) is 0 Å². The summed E-state index contributed by atoms with van der Waals surface area (Å²) in [5.74, 6) is -4.62. The molecule has 0 fully saturated rings. The van der Waals surface area contributed by atoms with Crippen molar-refractivity contribution in [2.75, 3.05) is 11.9 Å². The normalized spacial score (nSPS) is 11.3. The van der Waals surface area contributed by atoms with Gasteiger partial charge in [-0.1, -0.05) is 31.0 Å². The Labute approximate surface area is 111 Å². The topological polar surface area (TPSA) is 49.3 Å². The fourth-order valence-electron chi connectivity index (χ4n) is 1.67. The number of anilines is 1. The highest BCUT2D eigenvalue weighted by molar-refractivity contribution is 5.95. The largest absolute Gasteiger partial charge is 0.396 e. The predicted molar refractivity (Wildman–Crippen MR) is 70.2 cm³/mol. The fraction of sp³-hybridized carbons (Fsp3) is 0.500. The number of carbonyl (C=O) groups is 1. The maximum Gasteiger partial charge on any atom is 0.324 e. The monoisotopic (exact) mass is 271 g/mol. The molecule has 0 heterocycles. The van der Waals surface area contributed by atoms with Crippen LogP contribution < -0.4 is 5.32 Å². The van der Waals surface area contributed by atoms with Crippen LogP contribution in [-0.2, 0) is 4.79 Å². The maximum absolute atomic E-state index is 13.6. The van der Waals surface area contributed by atoms with Gasteiger partial charge in [-0.05, 0) is 25.0 Å². The molecule has 0 bridgehead atoms. The average Bonchev–Trinajstić information content (AvgIpc) is 2.39. The Kier molecular flexibility index (Phi) is 6.42. The summed E-state index contributed by atoms with van der Waals surface area (Å²) in [5, 5.41) is 10.8. The van der Waals surface area contributed by atoms with Crippen molar-refractivity contribution in [3.8, 4) is 0 Å². The standard InChI is InChI=1S/C14H19F2NO2/c15-14(16,10-6-1-2-7-11-18)13(19)17-12-8-4-3-5-9-12/h3-5,8-9,18H,1-2,6-7,10-11H2,(H,17,19). The van der Waals surface area contributed by atoms with Crippen LogP contribution in [0.25, 0.3) is 0 Å². The Morgan fingerprint density at radius 2 is 1.74 bits per heavy atom. The lowest BCUT2D eigenvalue weighted by Gasteiger charge is -2.15. The van der Waals surface area contributed by atoms with E-state index in [1.807, 2.05) is 0 Å². The molecule has 0 aliphatic heterocycles. The van der Waals surface area contributed by atoms with Gasteiger partial charge in [-0.3, -0.25) is 4.79 Å². The zero-order valence-electron chi connectivity index (χ0n) is 10.7. The van der Waals surface area contributed by atoms with E-state index < -0.39 is 18.3 Å². The number of carbonyl (C=O) groups excluding carboxylic acids is 1. The molecule has 1 aromatic rings. The summed E-state index contributed by atoms with van der Waals surface area (Å²) in [6.45, 7) is 0.0743. The first-order valence-corrected chi connectivity index (χ1v) is 6.41. The van der Waals surface area contributed by atoms with Crippen LogP contribution in [0.4, 0.5) is 14.5 Å². The number of rotatable bonds is 8. The number of nitrogens with one attached hydrogen (secondary N) is 1. The Balaban J connectivity index is 2.37. The zero-order valence-corrected chi connectivity index (χ0v) is 10.7. The Morgan fingerprint density at radius 3 is 2.37 bits per heavy atom. The molecule has 0 unspecified atom stereocenters. The first-order valence-electron chi connectivity index (χ1n) is 6.41. The zero-order chi connectivity index (χ0) is 14.1. The van der Waals surface area contributed by atoms with E-state index in [0.717, 1.165) is 0 Å². The van der Waals surface area contributed by atoms with Gasteiger partial charge in [0, 0.05) is 18.7 Å². The van der Waals surface area contributed by atoms with Gasteiger partial charge in [0.2, 0.25) is 0 Å². The lowest BCUT2D eigenvalue weighted by Crippen LogP contribution is -2.34. The van der Waals surface area contributed by atoms with E-state index in [1.54, 1.807) is 30.3 Å². The number of amides is 1. The molecule has 19 heavy (non-hydrogen) atoms. The minimum Gasteiger partial charge on any atom is -0.396 e. The smallest absolute Gasteiger partial charge is 0.324 e. The van der Waals surface area contributed by atoms with Crippen molar-refractivity contribution in [2.24, 2.45) is 0 Å². The highest BCUT2D eigenvalue weighted by Crippen LogP contribution is 2.24. The molecule has 0 aliphatic carbocycles. The van der Waals surface area contributed by atoms with Gasteiger partial charge >= 0.3 is 5.92 Å². The van der Waals surface area contributed by atoms with E-state index in [9.17, 15) is 13.6 Å². The molecule has 1 aromatic carbocycles. The highest BCUT2D eigenvalue weighted by Gasteiger charge is 2.37. The van der Waals surface area contributed by atoms with E-state index in [2.05, 4.69) is 5.32 Å². The Hall–Kier alpha value is -1.49. The minimum absolute atomic E-state index is 0.0743. The molecule has 1 rings (SSSR count). The van der Waals surface area contributed by atoms with Crippen molar-refractivity contribution in [1.82, 2.24) is 0 Å². The molecule has 0 saturated heterocycles. The second-order valence-electron chi connectivity index (χ2n) is 4.41. The van der Waals surface area contributed by atoms with Gasteiger partial charge < -0.3 is 10.4 Å². The minimum atomic E-state index is -3.35. The quantitative estimate of drug-likeness (QED) is 0.713. The van der Waals surface area contributed by atoms with Gasteiger partial charge in [0.05, 0.1) is 0 Å². The van der Waals surface area contributed by atoms with E-state index >= 15 is 0 Å². The molecular weight excluding hydrogens is 252 g/mol. The van der Waals surface area contributed by atoms with Gasteiger partial charge in [-0.2, -0.15) is 8.78 Å². The number of benzene rings is 1. The van der Waals surface area contributed by atoms with E-state index in [-0.39, 0.29) is 13.0 Å². The maximum atomic E-state index is 13.6. The van der Waals surface area contributed by atoms with E-state index in [0.29, 0.717) is 24.9 Å². The van der Waals surface area contributed by atoms with Gasteiger partial charge in [0.1, 0.15) is 0 Å². The van der Waals surface area contributed by atoms with Crippen molar-refractivity contribution in [3.63, 3.8) is 0 Å². The number of hydrogen-bond acceptors (Lipinski definition) is 2. The molecule has 0 aliphatic rings. The lowest BCUT2D eigenvalue weighted by molar-refractivity contribution is -0.140. The van der Waals surface area contributed by atoms with Crippen LogP contribution in [0.15, 0.2) is 30.3 Å². The average molecular weight is 271 g/mol. The molecule has 0 saturated carbocycles. The van der Waals surface area contributed by atoms with Gasteiger partial charge in [0.15, 0.2) is 0 Å². The van der Waals surface area contributed by atoms with E-state index in [4.69, 9.17) is 5.11 Å². The number of alkyl halides is 2. The Bertz CT molecular complexity index is 382. The number of aliphatic hydroxyl groups is 1. The molecule has 106 valence electrons. The third-order valence-electron chi connectivity index (χ3n) is 2.76. The second-order valence-corrected chi connectivity index (χ2v) is 4.41. The number of unbranched alkanes of at least 4 members (excludes halogenated alkanes) is 3. The fourth-order valence-corrected chi connectivity index (χ4v) is 1.67. The summed E-state index contributed by atoms with van der Waals surface area (Å²) >= 11 is 0. The molecule has 0 radical (unpaired) electrons. The van der Waals surface area contributed by atoms with Crippen molar-refractivity contribution >= 4 is 11.6 Å². The summed E-state index contributed by atoms with van der Waals surface area (Å²) in [6.07, 6.45) is 1.72. The third-order valence-corrected chi connectivity index (χ3v) is 2.76. The third kappa shape index (κ3) is 5.79. The highest BCUT2D eigenvalue weighted by atomic mass is 19.3. The van der Waals surface area contributed by atoms with Gasteiger partial charge in [-0.15, -0.1) is 0 Å². The molecule has 5 heteroatoms. The van der Waals surface area contributed by atoms with Crippen LogP contribution in [0, 0.1) is 0 Å². The van der Waals surface area contributed by atoms with Crippen LogP contribution in [0.1, 0.15) is 32.1 Å². The number of para-hydroxylation sites is 1. The molecule has 1 amide bonds. The molecule has 2 N–H and O–H groups in total. The first-order chi connectivity index (χ1) is 9.06. The van der Waals surface area contributed by atoms with Crippen LogP contribution in [-0.4, -0.2) is 23.5 Å². The second kappa shape index (κ2) is 7.84. The van der Waals surface area contributed by atoms with Gasteiger partial charge in [0.25, 0.3) is 5.91 Å². The molecular formula is C14H19F2NO2. The van der Waals surface area contributed by atoms with Crippen LogP contribution in [0.5, 0.6) is 0 Å². The van der Waals surface area contributed by atoms with Crippen molar-refractivity contribution in [2.45, 2.75) is 38.0 Å². The number of hydrogen-bond donors (Lipinski definition) is 2. The van der Waals surface area contributed by atoms with Crippen LogP contribution in [0.2, 0.25) is 0 Å². The number of halogens is 2. The van der Waals surface area contributed by atoms with Crippen molar-refractivity contribution in [1.29, 1.82) is 0 Å². The summed E-state index contributed by atoms with van der Waals surface area (Å²) in [5.41, 5.74) is 0.368. The first kappa shape index (κ1) is 15.6. The number of aliphatic hydroxyl groups excluding tert-OH is 1. The molecule has 3 nitrogen and oxygen atoms in total. The molecule has 0 aromatic heterocycles. The molecule has 0 atom stereocenters. The van der Waals surface area contributed by atoms with Crippen LogP contribution >= 0.6 is 0 Å². The van der Waals surface area contributed by atoms with Crippen molar-refractivity contribution < 1.29 is 18.7 Å². The lowest BCUT2D eigenvalue weighted by atomic mass is 10.1. The SMILES string of the molecule is O=C(Nc1ccccc1)C(F)(F)CCCCCCO. The summed E-state index contributed by atoms with van der Waals surface area (Å²) < 4.78 is 27.1. The van der Waals surface area contributed by atoms with Crippen LogP contribution in [0.3, 0.4) is 0 Å². The predicted octanol–water partition coefficient (Wildman–Crippen LogP) is 3.20. The Morgan fingerprint density at radius 1 is 1.11 bits per heavy atom.